The first-order chi connectivity index (χ1) is 9.63. The van der Waals surface area contributed by atoms with Crippen LogP contribution in [0.5, 0.6) is 0 Å². The van der Waals surface area contributed by atoms with Gasteiger partial charge in [-0.1, -0.05) is 18.6 Å². The summed E-state index contributed by atoms with van der Waals surface area (Å²) in [6.45, 7) is 9.81. The Morgan fingerprint density at radius 1 is 1.30 bits per heavy atom. The largest absolute Gasteiger partial charge is 0.299 e. The Balaban J connectivity index is 2.28. The third kappa shape index (κ3) is 2.23. The van der Waals surface area contributed by atoms with E-state index in [0.29, 0.717) is 0 Å². The zero-order chi connectivity index (χ0) is 14.3. The molecule has 2 nitrogen and oxygen atoms in total. The normalized spacial score (nSPS) is 15.6. The smallest absolute Gasteiger partial charge is 0.0737 e. The summed E-state index contributed by atoms with van der Waals surface area (Å²) in [6.07, 6.45) is 1.06. The number of thiol groups is 1. The van der Waals surface area contributed by atoms with E-state index in [4.69, 9.17) is 4.98 Å². The Bertz CT molecular complexity index is 664. The maximum Gasteiger partial charge on any atom is 0.0737 e. The molecule has 0 atom stereocenters. The second kappa shape index (κ2) is 5.38. The van der Waals surface area contributed by atoms with Crippen LogP contribution in [0.3, 0.4) is 0 Å². The van der Waals surface area contributed by atoms with Crippen molar-refractivity contribution < 1.29 is 0 Å². The molecule has 0 radical (unpaired) electrons. The number of hydrogen-bond donors (Lipinski definition) is 1. The predicted octanol–water partition coefficient (Wildman–Crippen LogP) is 3.66. The Hall–Kier alpha value is -1.06. The van der Waals surface area contributed by atoms with Crippen LogP contribution in [0.25, 0.3) is 10.9 Å². The molecule has 0 saturated carbocycles. The lowest BCUT2D eigenvalue weighted by Gasteiger charge is -2.29. The highest BCUT2D eigenvalue weighted by molar-refractivity contribution is 7.79. The van der Waals surface area contributed by atoms with Gasteiger partial charge in [0.1, 0.15) is 0 Å². The molecule has 2 aromatic rings. The van der Waals surface area contributed by atoms with E-state index in [2.05, 4.69) is 50.4 Å². The summed E-state index contributed by atoms with van der Waals surface area (Å²) in [5.74, 6) is 0.793. The van der Waals surface area contributed by atoms with E-state index < -0.39 is 0 Å². The highest BCUT2D eigenvalue weighted by atomic mass is 32.1. The predicted molar refractivity (Wildman–Crippen MR) is 88.6 cm³/mol. The van der Waals surface area contributed by atoms with E-state index in [1.54, 1.807) is 0 Å². The molecule has 0 fully saturated rings. The number of hydrogen-bond acceptors (Lipinski definition) is 3. The van der Waals surface area contributed by atoms with Gasteiger partial charge in [0, 0.05) is 36.3 Å². The van der Waals surface area contributed by atoms with Gasteiger partial charge in [-0.3, -0.25) is 9.88 Å². The molecular formula is C17H22N2S. The van der Waals surface area contributed by atoms with Crippen molar-refractivity contribution in [3.63, 3.8) is 0 Å². The lowest BCUT2D eigenvalue weighted by molar-refractivity contribution is 0.265. The van der Waals surface area contributed by atoms with Crippen molar-refractivity contribution >= 4 is 23.5 Å². The molecule has 0 unspecified atom stereocenters. The monoisotopic (exact) mass is 286 g/mol. The van der Waals surface area contributed by atoms with Crippen molar-refractivity contribution in [2.45, 2.75) is 39.5 Å². The first kappa shape index (κ1) is 13.9. The average Bonchev–Trinajstić information content (AvgIpc) is 2.44. The number of nitrogens with zero attached hydrogens (tertiary/aromatic N) is 2. The molecule has 1 aliphatic heterocycles. The Morgan fingerprint density at radius 3 is 2.80 bits per heavy atom. The van der Waals surface area contributed by atoms with Crippen LogP contribution in [-0.4, -0.2) is 23.0 Å². The van der Waals surface area contributed by atoms with E-state index in [9.17, 15) is 0 Å². The lowest BCUT2D eigenvalue weighted by atomic mass is 9.94. The molecule has 1 aromatic carbocycles. The van der Waals surface area contributed by atoms with Gasteiger partial charge in [-0.2, -0.15) is 12.6 Å². The molecular weight excluding hydrogens is 264 g/mol. The van der Waals surface area contributed by atoms with Crippen LogP contribution < -0.4 is 0 Å². The standard InChI is InChI=1S/C17H22N2S/c1-4-19-6-5-16-14(9-19)15(10-20)13-8-11(2)7-12(3)17(13)18-16/h7-8,20H,4-6,9-10H2,1-3H3. The maximum atomic E-state index is 4.97. The van der Waals surface area contributed by atoms with Gasteiger partial charge in [-0.25, -0.2) is 0 Å². The van der Waals surface area contributed by atoms with Crippen molar-refractivity contribution in [2.75, 3.05) is 13.1 Å². The number of rotatable bonds is 2. The Morgan fingerprint density at radius 2 is 2.10 bits per heavy atom. The molecule has 106 valence electrons. The van der Waals surface area contributed by atoms with E-state index in [-0.39, 0.29) is 0 Å². The first-order valence-electron chi connectivity index (χ1n) is 7.38. The molecule has 1 aromatic heterocycles. The third-order valence-corrected chi connectivity index (χ3v) is 4.70. The van der Waals surface area contributed by atoms with Crippen LogP contribution in [0.2, 0.25) is 0 Å². The second-order valence-electron chi connectivity index (χ2n) is 5.77. The minimum atomic E-state index is 0.793. The average molecular weight is 286 g/mol. The molecule has 3 heteroatoms. The number of aryl methyl sites for hydroxylation is 2. The third-order valence-electron chi connectivity index (χ3n) is 4.38. The molecule has 0 aliphatic carbocycles. The van der Waals surface area contributed by atoms with Gasteiger partial charge in [-0.15, -0.1) is 0 Å². The molecule has 0 saturated heterocycles. The summed E-state index contributed by atoms with van der Waals surface area (Å²) in [5, 5.41) is 1.30. The highest BCUT2D eigenvalue weighted by Crippen LogP contribution is 2.31. The number of benzene rings is 1. The summed E-state index contributed by atoms with van der Waals surface area (Å²) in [4.78, 5) is 7.46. The maximum absolute atomic E-state index is 4.97. The van der Waals surface area contributed by atoms with Crippen molar-refractivity contribution in [3.8, 4) is 0 Å². The van der Waals surface area contributed by atoms with Crippen LogP contribution in [-0.2, 0) is 18.7 Å². The summed E-state index contributed by atoms with van der Waals surface area (Å²) in [5.41, 5.74) is 7.86. The topological polar surface area (TPSA) is 16.1 Å². The Kier molecular flexibility index (Phi) is 3.74. The fraction of sp³-hybridized carbons (Fsp3) is 0.471. The fourth-order valence-corrected chi connectivity index (χ4v) is 3.65. The number of aromatic nitrogens is 1. The van der Waals surface area contributed by atoms with Gasteiger partial charge < -0.3 is 0 Å². The van der Waals surface area contributed by atoms with Crippen LogP contribution >= 0.6 is 12.6 Å². The molecule has 3 rings (SSSR count). The van der Waals surface area contributed by atoms with E-state index in [1.807, 2.05) is 0 Å². The molecule has 2 heterocycles. The zero-order valence-corrected chi connectivity index (χ0v) is 13.4. The van der Waals surface area contributed by atoms with Crippen molar-refractivity contribution in [1.82, 2.24) is 9.88 Å². The van der Waals surface area contributed by atoms with Crippen molar-refractivity contribution in [1.29, 1.82) is 0 Å². The minimum absolute atomic E-state index is 0.793. The van der Waals surface area contributed by atoms with E-state index in [0.717, 1.165) is 31.8 Å². The van der Waals surface area contributed by atoms with Gasteiger partial charge in [-0.05, 0) is 43.1 Å². The van der Waals surface area contributed by atoms with Crippen LogP contribution in [0, 0.1) is 13.8 Å². The van der Waals surface area contributed by atoms with Crippen LogP contribution in [0.15, 0.2) is 12.1 Å². The Labute approximate surface area is 126 Å². The molecule has 0 amide bonds. The summed E-state index contributed by atoms with van der Waals surface area (Å²) in [6, 6.07) is 4.50. The molecule has 0 N–H and O–H groups in total. The van der Waals surface area contributed by atoms with Crippen molar-refractivity contribution in [2.24, 2.45) is 0 Å². The molecule has 1 aliphatic rings. The first-order valence-corrected chi connectivity index (χ1v) is 8.02. The molecule has 20 heavy (non-hydrogen) atoms. The SMILES string of the molecule is CCN1CCc2nc3c(C)cc(C)cc3c(CS)c2C1. The summed E-state index contributed by atoms with van der Waals surface area (Å²) < 4.78 is 0. The van der Waals surface area contributed by atoms with Crippen molar-refractivity contribution in [3.05, 3.63) is 40.1 Å². The van der Waals surface area contributed by atoms with Crippen LogP contribution in [0.4, 0.5) is 0 Å². The minimum Gasteiger partial charge on any atom is -0.299 e. The quantitative estimate of drug-likeness (QED) is 0.848. The number of likely N-dealkylation sites (N-methyl/N-ethyl adjacent to an activating group) is 1. The summed E-state index contributed by atoms with van der Waals surface area (Å²) in [7, 11) is 0. The van der Waals surface area contributed by atoms with E-state index >= 15 is 0 Å². The van der Waals surface area contributed by atoms with Gasteiger partial charge in [0.15, 0.2) is 0 Å². The molecule has 0 bridgehead atoms. The van der Waals surface area contributed by atoms with Gasteiger partial charge in [0.2, 0.25) is 0 Å². The lowest BCUT2D eigenvalue weighted by Crippen LogP contribution is -2.31. The second-order valence-corrected chi connectivity index (χ2v) is 6.09. The van der Waals surface area contributed by atoms with E-state index in [1.165, 1.54) is 38.9 Å². The number of fused-ring (bicyclic) bond motifs is 2. The highest BCUT2D eigenvalue weighted by Gasteiger charge is 2.21. The number of pyridine rings is 1. The van der Waals surface area contributed by atoms with Gasteiger partial charge >= 0.3 is 0 Å². The summed E-state index contributed by atoms with van der Waals surface area (Å²) >= 11 is 4.60. The van der Waals surface area contributed by atoms with Crippen LogP contribution in [0.1, 0.15) is 34.9 Å². The fourth-order valence-electron chi connectivity index (χ4n) is 3.29. The zero-order valence-electron chi connectivity index (χ0n) is 12.5. The molecule has 0 spiro atoms. The van der Waals surface area contributed by atoms with Gasteiger partial charge in [0.05, 0.1) is 5.52 Å². The van der Waals surface area contributed by atoms with Gasteiger partial charge in [0.25, 0.3) is 0 Å².